The minimum Gasteiger partial charge on any atom is -0.478 e. The van der Waals surface area contributed by atoms with E-state index in [1.165, 1.54) is 26.0 Å². The minimum absolute atomic E-state index is 0.242. The Hall–Kier alpha value is -4.01. The number of ether oxygens (including phenoxy) is 1. The first kappa shape index (κ1) is 25.6. The van der Waals surface area contributed by atoms with Gasteiger partial charge in [0.25, 0.3) is 0 Å². The zero-order valence-corrected chi connectivity index (χ0v) is 19.1. The summed E-state index contributed by atoms with van der Waals surface area (Å²) in [6.07, 6.45) is -3.03. The first-order valence-electron chi connectivity index (χ1n) is 10.8. The molecule has 0 spiro atoms. The number of anilines is 2. The Balaban J connectivity index is 1.53. The van der Waals surface area contributed by atoms with E-state index in [0.29, 0.717) is 24.3 Å². The second-order valence-electron chi connectivity index (χ2n) is 8.42. The second-order valence-corrected chi connectivity index (χ2v) is 8.42. The van der Waals surface area contributed by atoms with Gasteiger partial charge < -0.3 is 20.5 Å². The fourth-order valence-electron chi connectivity index (χ4n) is 3.19. The lowest BCUT2D eigenvalue weighted by atomic mass is 10.0. The number of carbonyl (C=O) groups excluding carboxylic acids is 1. The van der Waals surface area contributed by atoms with Crippen molar-refractivity contribution in [1.82, 2.24) is 0 Å². The Morgan fingerprint density at radius 2 is 1.43 bits per heavy atom. The molecule has 6 nitrogen and oxygen atoms in total. The third-order valence-electron chi connectivity index (χ3n) is 5.17. The molecule has 0 aliphatic carbocycles. The summed E-state index contributed by atoms with van der Waals surface area (Å²) in [7, 11) is 0. The highest BCUT2D eigenvalue weighted by Gasteiger charge is 2.30. The smallest absolute Gasteiger partial charge is 0.416 e. The number of urea groups is 1. The average molecular weight is 486 g/mol. The highest BCUT2D eigenvalue weighted by atomic mass is 19.4. The summed E-state index contributed by atoms with van der Waals surface area (Å²) in [5.74, 6) is -0.588. The third-order valence-corrected chi connectivity index (χ3v) is 5.17. The fraction of sp³-hybridized carbons (Fsp3) is 0.231. The topological polar surface area (TPSA) is 87.7 Å². The average Bonchev–Trinajstić information content (AvgIpc) is 2.78. The van der Waals surface area contributed by atoms with E-state index in [4.69, 9.17) is 9.84 Å². The number of hydrogen-bond acceptors (Lipinski definition) is 3. The maximum absolute atomic E-state index is 12.7. The van der Waals surface area contributed by atoms with Crippen LogP contribution in [0.15, 0.2) is 72.8 Å². The van der Waals surface area contributed by atoms with E-state index in [0.717, 1.165) is 23.3 Å². The summed E-state index contributed by atoms with van der Waals surface area (Å²) in [5, 5.41) is 14.3. The van der Waals surface area contributed by atoms with Crippen molar-refractivity contribution < 1.29 is 32.6 Å². The van der Waals surface area contributed by atoms with Gasteiger partial charge >= 0.3 is 18.2 Å². The maximum atomic E-state index is 12.7. The van der Waals surface area contributed by atoms with E-state index < -0.39 is 29.3 Å². The standard InChI is InChI=1S/C26H25F3N2O4/c1-25(2,23(32)33)35-22-14-8-17(9-15-22)6-7-18-4-3-5-21(16-18)31-24(34)30-20-12-10-19(11-13-20)26(27,28)29/h3-5,8-16H,6-7H2,1-2H3,(H,32,33)(H2,30,31,34). The highest BCUT2D eigenvalue weighted by molar-refractivity contribution is 5.99. The number of amides is 2. The molecule has 0 heterocycles. The largest absolute Gasteiger partial charge is 0.478 e. The van der Waals surface area contributed by atoms with E-state index in [-0.39, 0.29) is 5.69 Å². The minimum atomic E-state index is -4.44. The molecule has 0 radical (unpaired) electrons. The summed E-state index contributed by atoms with van der Waals surface area (Å²) in [5.41, 5.74) is 0.682. The van der Waals surface area contributed by atoms with Crippen molar-refractivity contribution in [2.75, 3.05) is 10.6 Å². The lowest BCUT2D eigenvalue weighted by Crippen LogP contribution is -2.37. The first-order chi connectivity index (χ1) is 16.4. The predicted molar refractivity (Wildman–Crippen MR) is 127 cm³/mol. The van der Waals surface area contributed by atoms with Crippen molar-refractivity contribution >= 4 is 23.4 Å². The Kier molecular flexibility index (Phi) is 7.68. The van der Waals surface area contributed by atoms with E-state index in [1.807, 2.05) is 24.3 Å². The SMILES string of the molecule is CC(C)(Oc1ccc(CCc2cccc(NC(=O)Nc3ccc(C(F)(F)F)cc3)c2)cc1)C(=O)O. The van der Waals surface area contributed by atoms with Crippen LogP contribution in [0.1, 0.15) is 30.5 Å². The van der Waals surface area contributed by atoms with Crippen molar-refractivity contribution in [3.8, 4) is 5.75 Å². The second kappa shape index (κ2) is 10.5. The molecule has 35 heavy (non-hydrogen) atoms. The van der Waals surface area contributed by atoms with Crippen molar-refractivity contribution in [2.45, 2.75) is 38.5 Å². The number of alkyl halides is 3. The molecule has 0 aromatic heterocycles. The molecule has 2 amide bonds. The van der Waals surface area contributed by atoms with Crippen LogP contribution in [0, 0.1) is 0 Å². The Bertz CT molecular complexity index is 1170. The molecule has 3 N–H and O–H groups in total. The van der Waals surface area contributed by atoms with E-state index in [2.05, 4.69) is 10.6 Å². The van der Waals surface area contributed by atoms with Crippen molar-refractivity contribution in [3.05, 3.63) is 89.5 Å². The highest BCUT2D eigenvalue weighted by Crippen LogP contribution is 2.30. The van der Waals surface area contributed by atoms with Gasteiger partial charge in [0.05, 0.1) is 5.56 Å². The zero-order chi connectivity index (χ0) is 25.6. The quantitative estimate of drug-likeness (QED) is 0.345. The zero-order valence-electron chi connectivity index (χ0n) is 19.1. The van der Waals surface area contributed by atoms with Crippen molar-refractivity contribution in [1.29, 1.82) is 0 Å². The Morgan fingerprint density at radius 3 is 2.03 bits per heavy atom. The third kappa shape index (κ3) is 7.49. The van der Waals surface area contributed by atoms with E-state index >= 15 is 0 Å². The summed E-state index contributed by atoms with van der Waals surface area (Å²) < 4.78 is 43.5. The summed E-state index contributed by atoms with van der Waals surface area (Å²) in [6.45, 7) is 2.96. The van der Waals surface area contributed by atoms with Gasteiger partial charge in [-0.05, 0) is 86.3 Å². The van der Waals surface area contributed by atoms with Crippen LogP contribution in [0.5, 0.6) is 5.75 Å². The molecular weight excluding hydrogens is 461 g/mol. The number of carboxylic acids is 1. The molecule has 3 aromatic carbocycles. The molecular formula is C26H25F3N2O4. The van der Waals surface area contributed by atoms with Gasteiger partial charge in [-0.15, -0.1) is 0 Å². The van der Waals surface area contributed by atoms with Gasteiger partial charge in [-0.2, -0.15) is 13.2 Å². The molecule has 0 saturated carbocycles. The van der Waals surface area contributed by atoms with Crippen LogP contribution in [0.4, 0.5) is 29.3 Å². The molecule has 9 heteroatoms. The number of nitrogens with one attached hydrogen (secondary N) is 2. The summed E-state index contributed by atoms with van der Waals surface area (Å²) in [4.78, 5) is 23.4. The number of carbonyl (C=O) groups is 2. The number of aliphatic carboxylic acids is 1. The van der Waals surface area contributed by atoms with Gasteiger partial charge in [0, 0.05) is 11.4 Å². The lowest BCUT2D eigenvalue weighted by molar-refractivity contribution is -0.152. The number of benzene rings is 3. The van der Waals surface area contributed by atoms with Crippen molar-refractivity contribution in [3.63, 3.8) is 0 Å². The summed E-state index contributed by atoms with van der Waals surface area (Å²) in [6, 6.07) is 18.1. The van der Waals surface area contributed by atoms with Gasteiger partial charge in [0.2, 0.25) is 0 Å². The van der Waals surface area contributed by atoms with Crippen LogP contribution in [-0.2, 0) is 23.8 Å². The van der Waals surface area contributed by atoms with Crippen LogP contribution in [0.2, 0.25) is 0 Å². The Morgan fingerprint density at radius 1 is 0.829 bits per heavy atom. The molecule has 184 valence electrons. The van der Waals surface area contributed by atoms with Crippen LogP contribution in [-0.4, -0.2) is 22.7 Å². The van der Waals surface area contributed by atoms with Crippen molar-refractivity contribution in [2.24, 2.45) is 0 Å². The molecule has 0 atom stereocenters. The fourth-order valence-corrected chi connectivity index (χ4v) is 3.19. The van der Waals surface area contributed by atoms with E-state index in [9.17, 15) is 22.8 Å². The molecule has 0 unspecified atom stereocenters. The normalized spacial score (nSPS) is 11.6. The maximum Gasteiger partial charge on any atom is 0.416 e. The molecule has 3 rings (SSSR count). The number of rotatable bonds is 8. The van der Waals surface area contributed by atoms with E-state index in [1.54, 1.807) is 24.3 Å². The van der Waals surface area contributed by atoms with Gasteiger partial charge in [-0.25, -0.2) is 9.59 Å². The number of halogens is 3. The number of aryl methyl sites for hydroxylation is 2. The van der Waals surface area contributed by atoms with Crippen LogP contribution in [0.3, 0.4) is 0 Å². The van der Waals surface area contributed by atoms with Gasteiger partial charge in [0.1, 0.15) is 5.75 Å². The first-order valence-corrected chi connectivity index (χ1v) is 10.8. The predicted octanol–water partition coefficient (Wildman–Crippen LogP) is 6.38. The molecule has 0 aliphatic rings. The number of hydrogen-bond donors (Lipinski definition) is 3. The molecule has 3 aromatic rings. The van der Waals surface area contributed by atoms with Gasteiger partial charge in [-0.1, -0.05) is 24.3 Å². The Labute approximate surface area is 200 Å². The van der Waals surface area contributed by atoms with Gasteiger partial charge in [-0.3, -0.25) is 0 Å². The van der Waals surface area contributed by atoms with Crippen LogP contribution < -0.4 is 15.4 Å². The lowest BCUT2D eigenvalue weighted by Gasteiger charge is -2.21. The monoisotopic (exact) mass is 486 g/mol. The molecule has 0 aliphatic heterocycles. The van der Waals surface area contributed by atoms with Gasteiger partial charge in [0.15, 0.2) is 5.60 Å². The van der Waals surface area contributed by atoms with Crippen LogP contribution in [0.25, 0.3) is 0 Å². The van der Waals surface area contributed by atoms with Crippen LogP contribution >= 0.6 is 0 Å². The molecule has 0 fully saturated rings. The molecule has 0 saturated heterocycles. The number of carboxylic acid groups (broad SMARTS) is 1. The molecule has 0 bridgehead atoms. The summed E-state index contributed by atoms with van der Waals surface area (Å²) >= 11 is 0.